The lowest BCUT2D eigenvalue weighted by Gasteiger charge is -2.12. The number of nitrogens with one attached hydrogen (secondary N) is 4. The molecule has 25 heavy (non-hydrogen) atoms. The zero-order valence-corrected chi connectivity index (χ0v) is 14.0. The molecule has 2 heterocycles. The normalized spacial score (nSPS) is 13.0. The summed E-state index contributed by atoms with van der Waals surface area (Å²) in [4.78, 5) is 24.1. The zero-order valence-electron chi connectivity index (χ0n) is 14.0. The number of benzene rings is 1. The maximum Gasteiger partial charge on any atom is 0.272 e. The lowest BCUT2D eigenvalue weighted by molar-refractivity contribution is -0.120. The molecular weight excluding hydrogens is 322 g/mol. The van der Waals surface area contributed by atoms with Crippen LogP contribution >= 0.6 is 0 Å². The van der Waals surface area contributed by atoms with Crippen LogP contribution in [0, 0.1) is 0 Å². The number of rotatable bonds is 6. The van der Waals surface area contributed by atoms with Crippen molar-refractivity contribution < 1.29 is 14.3 Å². The molecule has 0 fully saturated rings. The third-order valence-corrected chi connectivity index (χ3v) is 4.08. The molecule has 0 saturated heterocycles. The van der Waals surface area contributed by atoms with Crippen molar-refractivity contribution in [3.05, 3.63) is 46.8 Å². The van der Waals surface area contributed by atoms with E-state index in [9.17, 15) is 9.59 Å². The van der Waals surface area contributed by atoms with Gasteiger partial charge in [0.05, 0.1) is 13.7 Å². The number of aromatic nitrogens is 2. The molecule has 8 heteroatoms. The molecule has 0 saturated carbocycles. The quantitative estimate of drug-likeness (QED) is 0.595. The molecule has 1 aromatic carbocycles. The van der Waals surface area contributed by atoms with Crippen LogP contribution in [0.5, 0.6) is 5.75 Å². The molecule has 2 aromatic rings. The van der Waals surface area contributed by atoms with Crippen molar-refractivity contribution >= 4 is 11.8 Å². The van der Waals surface area contributed by atoms with E-state index in [4.69, 9.17) is 4.74 Å². The van der Waals surface area contributed by atoms with Gasteiger partial charge in [-0.2, -0.15) is 5.10 Å². The Kier molecular flexibility index (Phi) is 5.30. The number of amides is 2. The average molecular weight is 343 g/mol. The van der Waals surface area contributed by atoms with Gasteiger partial charge in [-0.05, 0) is 17.7 Å². The first-order valence-corrected chi connectivity index (χ1v) is 8.12. The van der Waals surface area contributed by atoms with Crippen molar-refractivity contribution in [1.82, 2.24) is 26.1 Å². The molecule has 1 aromatic heterocycles. The van der Waals surface area contributed by atoms with E-state index in [0.29, 0.717) is 18.8 Å². The van der Waals surface area contributed by atoms with Crippen LogP contribution in [-0.2, 0) is 24.3 Å². The van der Waals surface area contributed by atoms with Crippen molar-refractivity contribution in [2.24, 2.45) is 0 Å². The first-order valence-electron chi connectivity index (χ1n) is 8.12. The number of H-pyrrole nitrogens is 1. The molecule has 2 amide bonds. The van der Waals surface area contributed by atoms with Crippen molar-refractivity contribution in [3.8, 4) is 5.75 Å². The number of nitrogens with zero attached hydrogens (tertiary/aromatic N) is 1. The highest BCUT2D eigenvalue weighted by Crippen LogP contribution is 2.15. The van der Waals surface area contributed by atoms with Crippen molar-refractivity contribution in [1.29, 1.82) is 0 Å². The largest absolute Gasteiger partial charge is 0.497 e. The summed E-state index contributed by atoms with van der Waals surface area (Å²) in [5, 5.41) is 15.5. The molecular formula is C17H21N5O3. The van der Waals surface area contributed by atoms with Crippen LogP contribution in [0.2, 0.25) is 0 Å². The van der Waals surface area contributed by atoms with E-state index in [-0.39, 0.29) is 18.4 Å². The third kappa shape index (κ3) is 4.16. The van der Waals surface area contributed by atoms with Crippen molar-refractivity contribution in [2.45, 2.75) is 19.5 Å². The number of fused-ring (bicyclic) bond motifs is 1. The Morgan fingerprint density at radius 2 is 2.04 bits per heavy atom. The number of ether oxygens (including phenoxy) is 1. The van der Waals surface area contributed by atoms with Gasteiger partial charge in [0.25, 0.3) is 5.91 Å². The molecule has 0 aliphatic carbocycles. The molecule has 1 aliphatic rings. The molecule has 0 spiro atoms. The first kappa shape index (κ1) is 17.0. The monoisotopic (exact) mass is 343 g/mol. The second kappa shape index (κ2) is 7.80. The minimum atomic E-state index is -0.346. The molecule has 1 aliphatic heterocycles. The second-order valence-electron chi connectivity index (χ2n) is 5.76. The molecule has 3 rings (SSSR count). The topological polar surface area (TPSA) is 108 Å². The van der Waals surface area contributed by atoms with Gasteiger partial charge < -0.3 is 20.7 Å². The predicted octanol–water partition coefficient (Wildman–Crippen LogP) is 0.110. The van der Waals surface area contributed by atoms with Gasteiger partial charge >= 0.3 is 0 Å². The van der Waals surface area contributed by atoms with Crippen LogP contribution in [-0.4, -0.2) is 42.2 Å². The average Bonchev–Trinajstić information content (AvgIpc) is 3.09. The minimum absolute atomic E-state index is 0.0932. The lowest BCUT2D eigenvalue weighted by Crippen LogP contribution is -2.37. The smallest absolute Gasteiger partial charge is 0.272 e. The van der Waals surface area contributed by atoms with E-state index in [0.717, 1.165) is 35.5 Å². The molecule has 4 N–H and O–H groups in total. The molecule has 0 unspecified atom stereocenters. The van der Waals surface area contributed by atoms with E-state index in [1.165, 1.54) is 0 Å². The highest BCUT2D eigenvalue weighted by molar-refractivity contribution is 5.96. The number of hydrogen-bond donors (Lipinski definition) is 4. The molecule has 0 atom stereocenters. The van der Waals surface area contributed by atoms with E-state index in [1.54, 1.807) is 7.11 Å². The highest BCUT2D eigenvalue weighted by Gasteiger charge is 2.21. The van der Waals surface area contributed by atoms with Crippen LogP contribution in [0.15, 0.2) is 24.3 Å². The summed E-state index contributed by atoms with van der Waals surface area (Å²) in [5.74, 6) is 0.159. The summed E-state index contributed by atoms with van der Waals surface area (Å²) in [6, 6.07) is 7.41. The number of carbonyl (C=O) groups excluding carboxylic acids is 2. The SMILES string of the molecule is COc1ccc(CNC(=O)CNC(=O)c2n[nH]c3c2CNCC3)cc1. The minimum Gasteiger partial charge on any atom is -0.497 e. The summed E-state index contributed by atoms with van der Waals surface area (Å²) < 4.78 is 5.09. The Labute approximate surface area is 145 Å². The van der Waals surface area contributed by atoms with Crippen LogP contribution in [0.1, 0.15) is 27.3 Å². The van der Waals surface area contributed by atoms with E-state index >= 15 is 0 Å². The van der Waals surface area contributed by atoms with Gasteiger partial charge in [-0.3, -0.25) is 14.7 Å². The molecule has 0 bridgehead atoms. The summed E-state index contributed by atoms with van der Waals surface area (Å²) in [7, 11) is 1.60. The summed E-state index contributed by atoms with van der Waals surface area (Å²) >= 11 is 0. The number of hydrogen-bond acceptors (Lipinski definition) is 5. The Bertz CT molecular complexity index is 754. The van der Waals surface area contributed by atoms with E-state index < -0.39 is 0 Å². The molecule has 8 nitrogen and oxygen atoms in total. The van der Waals surface area contributed by atoms with E-state index in [2.05, 4.69) is 26.1 Å². The Morgan fingerprint density at radius 3 is 2.80 bits per heavy atom. The Hall–Kier alpha value is -2.87. The Balaban J connectivity index is 1.47. The van der Waals surface area contributed by atoms with Gasteiger partial charge in [0, 0.05) is 37.3 Å². The van der Waals surface area contributed by atoms with Gasteiger partial charge in [0.2, 0.25) is 5.91 Å². The summed E-state index contributed by atoms with van der Waals surface area (Å²) in [5.41, 5.74) is 3.16. The number of carbonyl (C=O) groups is 2. The van der Waals surface area contributed by atoms with Crippen LogP contribution in [0.25, 0.3) is 0 Å². The number of aromatic amines is 1. The fourth-order valence-corrected chi connectivity index (χ4v) is 2.66. The first-order chi connectivity index (χ1) is 12.2. The summed E-state index contributed by atoms with van der Waals surface area (Å²) in [6.07, 6.45) is 0.817. The van der Waals surface area contributed by atoms with Crippen LogP contribution < -0.4 is 20.7 Å². The second-order valence-corrected chi connectivity index (χ2v) is 5.76. The number of methoxy groups -OCH3 is 1. The van der Waals surface area contributed by atoms with Gasteiger partial charge in [0.15, 0.2) is 5.69 Å². The summed E-state index contributed by atoms with van der Waals surface area (Å²) in [6.45, 7) is 1.77. The van der Waals surface area contributed by atoms with Gasteiger partial charge in [0.1, 0.15) is 5.75 Å². The predicted molar refractivity (Wildman–Crippen MR) is 91.2 cm³/mol. The maximum absolute atomic E-state index is 12.2. The highest BCUT2D eigenvalue weighted by atomic mass is 16.5. The van der Waals surface area contributed by atoms with Crippen LogP contribution in [0.3, 0.4) is 0 Å². The van der Waals surface area contributed by atoms with Gasteiger partial charge in [-0.25, -0.2) is 0 Å². The fourth-order valence-electron chi connectivity index (χ4n) is 2.66. The lowest BCUT2D eigenvalue weighted by atomic mass is 10.1. The van der Waals surface area contributed by atoms with Gasteiger partial charge in [-0.15, -0.1) is 0 Å². The van der Waals surface area contributed by atoms with Crippen LogP contribution in [0.4, 0.5) is 0 Å². The molecule has 132 valence electrons. The zero-order chi connectivity index (χ0) is 17.6. The molecule has 0 radical (unpaired) electrons. The van der Waals surface area contributed by atoms with Gasteiger partial charge in [-0.1, -0.05) is 12.1 Å². The van der Waals surface area contributed by atoms with E-state index in [1.807, 2.05) is 24.3 Å². The Morgan fingerprint density at radius 1 is 1.24 bits per heavy atom. The fraction of sp³-hybridized carbons (Fsp3) is 0.353. The third-order valence-electron chi connectivity index (χ3n) is 4.08. The van der Waals surface area contributed by atoms with Crippen molar-refractivity contribution in [3.63, 3.8) is 0 Å². The maximum atomic E-state index is 12.2. The standard InChI is InChI=1S/C17H21N5O3/c1-25-12-4-2-11(3-5-12)8-19-15(23)10-20-17(24)16-13-9-18-7-6-14(13)21-22-16/h2-5,18H,6-10H2,1H3,(H,19,23)(H,20,24)(H,21,22). The van der Waals surface area contributed by atoms with Crippen molar-refractivity contribution in [2.75, 3.05) is 20.2 Å².